The Bertz CT molecular complexity index is 929. The zero-order valence-corrected chi connectivity index (χ0v) is 13.2. The highest BCUT2D eigenvalue weighted by atomic mass is 32.1. The molecule has 0 saturated carbocycles. The van der Waals surface area contributed by atoms with Gasteiger partial charge in [-0.2, -0.15) is 0 Å². The third-order valence-electron chi connectivity index (χ3n) is 3.37. The van der Waals surface area contributed by atoms with E-state index in [1.807, 2.05) is 24.3 Å². The highest BCUT2D eigenvalue weighted by Crippen LogP contribution is 2.31. The summed E-state index contributed by atoms with van der Waals surface area (Å²) in [4.78, 5) is 26.3. The molecule has 3 aromatic rings. The van der Waals surface area contributed by atoms with Gasteiger partial charge in [-0.05, 0) is 29.8 Å². The zero-order chi connectivity index (χ0) is 17.1. The lowest BCUT2D eigenvalue weighted by Gasteiger charge is -2.02. The fourth-order valence-electron chi connectivity index (χ4n) is 2.32. The molecule has 0 aliphatic heterocycles. The van der Waals surface area contributed by atoms with Crippen LogP contribution in [0.2, 0.25) is 0 Å². The van der Waals surface area contributed by atoms with Crippen molar-refractivity contribution in [3.8, 4) is 0 Å². The molecule has 0 fully saturated rings. The topological polar surface area (TPSA) is 93.3 Å². The first-order valence-corrected chi connectivity index (χ1v) is 7.88. The third kappa shape index (κ3) is 3.31. The van der Waals surface area contributed by atoms with E-state index in [-0.39, 0.29) is 12.1 Å². The van der Waals surface area contributed by atoms with E-state index in [0.29, 0.717) is 16.1 Å². The van der Waals surface area contributed by atoms with E-state index in [1.54, 1.807) is 18.2 Å². The molecule has 0 bridgehead atoms. The van der Waals surface area contributed by atoms with Gasteiger partial charge in [0.15, 0.2) is 0 Å². The van der Waals surface area contributed by atoms with E-state index in [4.69, 9.17) is 0 Å². The lowest BCUT2D eigenvalue weighted by molar-refractivity contribution is -0.385. The largest absolute Gasteiger partial charge is 0.481 e. The molecule has 24 heavy (non-hydrogen) atoms. The van der Waals surface area contributed by atoms with Crippen molar-refractivity contribution in [3.05, 3.63) is 69.2 Å². The second-order valence-corrected chi connectivity index (χ2v) is 6.07. The predicted octanol–water partition coefficient (Wildman–Crippen LogP) is 4.22. The average molecular weight is 340 g/mol. The molecular weight excluding hydrogens is 328 g/mol. The lowest BCUT2D eigenvalue weighted by atomic mass is 10.1. The van der Waals surface area contributed by atoms with Crippen LogP contribution in [0.5, 0.6) is 0 Å². The van der Waals surface area contributed by atoms with Gasteiger partial charge in [0.2, 0.25) is 0 Å². The van der Waals surface area contributed by atoms with E-state index in [9.17, 15) is 20.0 Å². The summed E-state index contributed by atoms with van der Waals surface area (Å²) in [5.74, 6) is -1.01. The Morgan fingerprint density at radius 2 is 1.92 bits per heavy atom. The van der Waals surface area contributed by atoms with Crippen molar-refractivity contribution in [1.29, 1.82) is 0 Å². The summed E-state index contributed by atoms with van der Waals surface area (Å²) >= 11 is 1.37. The number of nitro groups is 1. The molecule has 6 nitrogen and oxygen atoms in total. The summed E-state index contributed by atoms with van der Waals surface area (Å²) in [6.07, 6.45) is 1.27. The number of benzene rings is 2. The number of hydrogen-bond donors (Lipinski definition) is 1. The molecular formula is C17H12N2O4S. The maximum Gasteiger partial charge on any atom is 0.307 e. The van der Waals surface area contributed by atoms with Crippen molar-refractivity contribution in [1.82, 2.24) is 4.98 Å². The van der Waals surface area contributed by atoms with Crippen LogP contribution in [0.1, 0.15) is 17.0 Å². The first-order chi connectivity index (χ1) is 11.5. The molecule has 2 aromatic carbocycles. The molecule has 1 aromatic heterocycles. The van der Waals surface area contributed by atoms with Crippen LogP contribution < -0.4 is 0 Å². The van der Waals surface area contributed by atoms with Crippen LogP contribution in [0, 0.1) is 10.1 Å². The Balaban J connectivity index is 2.13. The van der Waals surface area contributed by atoms with Gasteiger partial charge in [-0.15, -0.1) is 11.3 Å². The molecule has 0 amide bonds. The number of carboxylic acids is 1. The number of carboxylic acid groups (broad SMARTS) is 1. The number of nitro benzene ring substituents is 1. The number of para-hydroxylation sites is 2. The molecule has 1 heterocycles. The summed E-state index contributed by atoms with van der Waals surface area (Å²) in [6, 6.07) is 13.7. The summed E-state index contributed by atoms with van der Waals surface area (Å²) < 4.78 is 0.936. The number of nitrogens with zero attached hydrogens (tertiary/aromatic N) is 2. The van der Waals surface area contributed by atoms with Gasteiger partial charge in [-0.25, -0.2) is 4.98 Å². The van der Waals surface area contributed by atoms with E-state index in [2.05, 4.69) is 4.98 Å². The van der Waals surface area contributed by atoms with Gasteiger partial charge in [0.25, 0.3) is 5.69 Å². The fraction of sp³-hybridized carbons (Fsp3) is 0.0588. The second kappa shape index (κ2) is 6.59. The van der Waals surface area contributed by atoms with Crippen molar-refractivity contribution >= 4 is 44.9 Å². The van der Waals surface area contributed by atoms with Crippen LogP contribution in [0.25, 0.3) is 21.9 Å². The molecule has 0 radical (unpaired) electrons. The maximum absolute atomic E-state index is 11.2. The Kier molecular flexibility index (Phi) is 4.35. The fourth-order valence-corrected chi connectivity index (χ4v) is 3.30. The Morgan fingerprint density at radius 1 is 1.21 bits per heavy atom. The number of aliphatic carboxylic acids is 1. The number of thiazole rings is 1. The molecule has 0 saturated heterocycles. The standard InChI is InChI=1S/C17H12N2O4S/c20-16(21)10-12(9-11-5-1-3-7-14(11)19(22)23)17-18-13-6-2-4-8-15(13)24-17/h1-9H,10H2,(H,20,21)/b12-9+. The Hall–Kier alpha value is -3.06. The molecule has 0 atom stereocenters. The number of rotatable bonds is 5. The number of carbonyl (C=O) groups is 1. The van der Waals surface area contributed by atoms with Gasteiger partial charge in [-0.3, -0.25) is 14.9 Å². The average Bonchev–Trinajstić information content (AvgIpc) is 2.98. The minimum absolute atomic E-state index is 0.0681. The van der Waals surface area contributed by atoms with Crippen molar-refractivity contribution in [2.45, 2.75) is 6.42 Å². The minimum Gasteiger partial charge on any atom is -0.481 e. The van der Waals surface area contributed by atoms with Crippen LogP contribution in [0.15, 0.2) is 48.5 Å². The van der Waals surface area contributed by atoms with Gasteiger partial charge in [0.05, 0.1) is 27.1 Å². The Morgan fingerprint density at radius 3 is 2.62 bits per heavy atom. The van der Waals surface area contributed by atoms with Crippen molar-refractivity contribution in [3.63, 3.8) is 0 Å². The van der Waals surface area contributed by atoms with Crippen LogP contribution in [0.3, 0.4) is 0 Å². The SMILES string of the molecule is O=C(O)C/C(=C\c1ccccc1[N+](=O)[O-])c1nc2ccccc2s1. The molecule has 7 heteroatoms. The van der Waals surface area contributed by atoms with Gasteiger partial charge in [0, 0.05) is 6.07 Å². The third-order valence-corrected chi connectivity index (χ3v) is 4.49. The maximum atomic E-state index is 11.2. The summed E-state index contributed by atoms with van der Waals surface area (Å²) in [5.41, 5.74) is 1.51. The van der Waals surface area contributed by atoms with E-state index >= 15 is 0 Å². The highest BCUT2D eigenvalue weighted by molar-refractivity contribution is 7.19. The normalized spacial score (nSPS) is 11.6. The van der Waals surface area contributed by atoms with Gasteiger partial charge < -0.3 is 5.11 Å². The van der Waals surface area contributed by atoms with Crippen LogP contribution in [-0.4, -0.2) is 21.0 Å². The molecule has 1 N–H and O–H groups in total. The molecule has 0 aliphatic carbocycles. The first-order valence-electron chi connectivity index (χ1n) is 7.06. The summed E-state index contributed by atoms with van der Waals surface area (Å²) in [5, 5.41) is 20.9. The molecule has 0 spiro atoms. The van der Waals surface area contributed by atoms with Crippen LogP contribution in [0.4, 0.5) is 5.69 Å². The molecule has 0 aliphatic rings. The van der Waals surface area contributed by atoms with E-state index in [1.165, 1.54) is 23.5 Å². The quantitative estimate of drug-likeness (QED) is 0.554. The molecule has 120 valence electrons. The number of hydrogen-bond acceptors (Lipinski definition) is 5. The van der Waals surface area contributed by atoms with E-state index < -0.39 is 10.9 Å². The molecule has 3 rings (SSSR count). The zero-order valence-electron chi connectivity index (χ0n) is 12.4. The minimum atomic E-state index is -1.01. The van der Waals surface area contributed by atoms with Crippen molar-refractivity contribution in [2.75, 3.05) is 0 Å². The number of aromatic nitrogens is 1. The van der Waals surface area contributed by atoms with Crippen LogP contribution in [-0.2, 0) is 4.79 Å². The van der Waals surface area contributed by atoms with Crippen molar-refractivity contribution < 1.29 is 14.8 Å². The highest BCUT2D eigenvalue weighted by Gasteiger charge is 2.16. The monoisotopic (exact) mass is 340 g/mol. The lowest BCUT2D eigenvalue weighted by Crippen LogP contribution is -1.98. The second-order valence-electron chi connectivity index (χ2n) is 5.04. The van der Waals surface area contributed by atoms with E-state index in [0.717, 1.165) is 10.2 Å². The smallest absolute Gasteiger partial charge is 0.307 e. The van der Waals surface area contributed by atoms with Crippen LogP contribution >= 0.6 is 11.3 Å². The summed E-state index contributed by atoms with van der Waals surface area (Å²) in [6.45, 7) is 0. The van der Waals surface area contributed by atoms with Gasteiger partial charge in [-0.1, -0.05) is 24.3 Å². The summed E-state index contributed by atoms with van der Waals surface area (Å²) in [7, 11) is 0. The van der Waals surface area contributed by atoms with Gasteiger partial charge in [0.1, 0.15) is 5.01 Å². The first kappa shape index (κ1) is 15.8. The Labute approximate surface area is 140 Å². The van der Waals surface area contributed by atoms with Gasteiger partial charge >= 0.3 is 5.97 Å². The predicted molar refractivity (Wildman–Crippen MR) is 92.8 cm³/mol. The number of fused-ring (bicyclic) bond motifs is 1. The molecule has 0 unspecified atom stereocenters. The van der Waals surface area contributed by atoms with Crippen molar-refractivity contribution in [2.24, 2.45) is 0 Å².